The van der Waals surface area contributed by atoms with Gasteiger partial charge in [0.05, 0.1) is 0 Å². The molecule has 4 nitrogen and oxygen atoms in total. The molecule has 0 fully saturated rings. The van der Waals surface area contributed by atoms with Crippen LogP contribution in [0.4, 0.5) is 4.79 Å². The van der Waals surface area contributed by atoms with Gasteiger partial charge in [-0.15, -0.1) is 6.42 Å². The summed E-state index contributed by atoms with van der Waals surface area (Å²) < 4.78 is 1.05. The SMILES string of the molecule is C#Cc1cnc2c(ccn2C(=O)O)c1. The van der Waals surface area contributed by atoms with Crippen LogP contribution in [0, 0.1) is 12.3 Å². The Labute approximate surface area is 79.8 Å². The van der Waals surface area contributed by atoms with Crippen molar-refractivity contribution < 1.29 is 9.90 Å². The van der Waals surface area contributed by atoms with Gasteiger partial charge in [0.15, 0.2) is 0 Å². The zero-order chi connectivity index (χ0) is 10.1. The summed E-state index contributed by atoms with van der Waals surface area (Å²) in [6, 6.07) is 3.39. The Bertz CT molecular complexity index is 549. The third-order valence-electron chi connectivity index (χ3n) is 1.90. The van der Waals surface area contributed by atoms with Crippen molar-refractivity contribution in [3.8, 4) is 12.3 Å². The molecular weight excluding hydrogens is 180 g/mol. The van der Waals surface area contributed by atoms with Crippen LogP contribution in [0.2, 0.25) is 0 Å². The Morgan fingerprint density at radius 1 is 1.64 bits per heavy atom. The normalized spacial score (nSPS) is 9.93. The van der Waals surface area contributed by atoms with Gasteiger partial charge in [-0.2, -0.15) is 0 Å². The van der Waals surface area contributed by atoms with E-state index in [2.05, 4.69) is 10.9 Å². The Hall–Kier alpha value is -2.28. The molecule has 0 saturated carbocycles. The molecule has 0 aliphatic carbocycles. The van der Waals surface area contributed by atoms with Crippen LogP contribution >= 0.6 is 0 Å². The lowest BCUT2D eigenvalue weighted by Crippen LogP contribution is -2.06. The van der Waals surface area contributed by atoms with Crippen LogP contribution in [0.1, 0.15) is 5.56 Å². The summed E-state index contributed by atoms with van der Waals surface area (Å²) in [7, 11) is 0. The molecule has 0 radical (unpaired) electrons. The van der Waals surface area contributed by atoms with Gasteiger partial charge in [-0.25, -0.2) is 14.3 Å². The molecule has 68 valence electrons. The number of carboxylic acid groups (broad SMARTS) is 1. The second kappa shape index (κ2) is 2.89. The molecule has 0 saturated heterocycles. The fourth-order valence-corrected chi connectivity index (χ4v) is 1.26. The first kappa shape index (κ1) is 8.32. The van der Waals surface area contributed by atoms with Crippen molar-refractivity contribution >= 4 is 17.1 Å². The Balaban J connectivity index is 2.73. The predicted molar refractivity (Wildman–Crippen MR) is 51.1 cm³/mol. The lowest BCUT2D eigenvalue weighted by Gasteiger charge is -1.96. The Morgan fingerprint density at radius 2 is 2.43 bits per heavy atom. The number of carbonyl (C=O) groups is 1. The van der Waals surface area contributed by atoms with E-state index in [1.807, 2.05) is 0 Å². The summed E-state index contributed by atoms with van der Waals surface area (Å²) in [6.07, 6.45) is 7.06. The number of aromatic nitrogens is 2. The average Bonchev–Trinajstić information content (AvgIpc) is 2.59. The molecule has 4 heteroatoms. The minimum absolute atomic E-state index is 0.400. The first-order chi connectivity index (χ1) is 6.72. The molecule has 0 aliphatic heterocycles. The smallest absolute Gasteiger partial charge is 0.417 e. The molecule has 14 heavy (non-hydrogen) atoms. The Morgan fingerprint density at radius 3 is 3.07 bits per heavy atom. The number of fused-ring (bicyclic) bond motifs is 1. The molecule has 0 aromatic carbocycles. The molecule has 2 aromatic heterocycles. The minimum Gasteiger partial charge on any atom is -0.464 e. The van der Waals surface area contributed by atoms with Crippen LogP contribution in [0.25, 0.3) is 11.0 Å². The van der Waals surface area contributed by atoms with Crippen LogP contribution in [0.15, 0.2) is 24.5 Å². The number of hydrogen-bond donors (Lipinski definition) is 1. The number of terminal acetylenes is 1. The molecule has 0 aliphatic rings. The zero-order valence-corrected chi connectivity index (χ0v) is 7.14. The van der Waals surface area contributed by atoms with Gasteiger partial charge in [0.2, 0.25) is 0 Å². The molecule has 2 heterocycles. The van der Waals surface area contributed by atoms with E-state index >= 15 is 0 Å². The van der Waals surface area contributed by atoms with E-state index in [-0.39, 0.29) is 0 Å². The molecule has 0 bridgehead atoms. The molecule has 0 atom stereocenters. The summed E-state index contributed by atoms with van der Waals surface area (Å²) in [5.74, 6) is 2.44. The third kappa shape index (κ3) is 1.12. The van der Waals surface area contributed by atoms with Crippen LogP contribution in [-0.4, -0.2) is 20.8 Å². The van der Waals surface area contributed by atoms with Crippen molar-refractivity contribution in [3.05, 3.63) is 30.1 Å². The third-order valence-corrected chi connectivity index (χ3v) is 1.90. The van der Waals surface area contributed by atoms with E-state index in [0.717, 1.165) is 9.95 Å². The second-order valence-electron chi connectivity index (χ2n) is 2.75. The van der Waals surface area contributed by atoms with Crippen LogP contribution in [0.3, 0.4) is 0 Å². The largest absolute Gasteiger partial charge is 0.464 e. The molecule has 0 amide bonds. The van der Waals surface area contributed by atoms with Crippen molar-refractivity contribution in [1.29, 1.82) is 0 Å². The van der Waals surface area contributed by atoms with Gasteiger partial charge in [-0.05, 0) is 12.1 Å². The quantitative estimate of drug-likeness (QED) is 0.635. The lowest BCUT2D eigenvalue weighted by molar-refractivity contribution is 0.197. The first-order valence-electron chi connectivity index (χ1n) is 3.89. The molecular formula is C10H6N2O2. The van der Waals surface area contributed by atoms with Crippen LogP contribution in [-0.2, 0) is 0 Å². The topological polar surface area (TPSA) is 55.1 Å². The van der Waals surface area contributed by atoms with Crippen LogP contribution < -0.4 is 0 Å². The number of pyridine rings is 1. The summed E-state index contributed by atoms with van der Waals surface area (Å²) in [4.78, 5) is 14.7. The van der Waals surface area contributed by atoms with Crippen molar-refractivity contribution in [2.24, 2.45) is 0 Å². The highest BCUT2D eigenvalue weighted by Crippen LogP contribution is 2.13. The van der Waals surface area contributed by atoms with Crippen molar-refractivity contribution in [2.75, 3.05) is 0 Å². The van der Waals surface area contributed by atoms with Crippen molar-refractivity contribution in [2.45, 2.75) is 0 Å². The van der Waals surface area contributed by atoms with E-state index in [4.69, 9.17) is 11.5 Å². The fraction of sp³-hybridized carbons (Fsp3) is 0. The first-order valence-corrected chi connectivity index (χ1v) is 3.89. The van der Waals surface area contributed by atoms with Gasteiger partial charge < -0.3 is 5.11 Å². The number of rotatable bonds is 0. The standard InChI is InChI=1S/C10H6N2O2/c1-2-7-5-8-3-4-12(10(13)14)9(8)11-6-7/h1,3-6H,(H,13,14). The molecule has 1 N–H and O–H groups in total. The minimum atomic E-state index is -1.05. The number of hydrogen-bond acceptors (Lipinski definition) is 2. The van der Waals surface area contributed by atoms with Gasteiger partial charge in [0.25, 0.3) is 0 Å². The van der Waals surface area contributed by atoms with Gasteiger partial charge in [-0.1, -0.05) is 5.92 Å². The summed E-state index contributed by atoms with van der Waals surface area (Å²) in [6.45, 7) is 0. The zero-order valence-electron chi connectivity index (χ0n) is 7.14. The second-order valence-corrected chi connectivity index (χ2v) is 2.75. The number of nitrogens with zero attached hydrogens (tertiary/aromatic N) is 2. The summed E-state index contributed by atoms with van der Waals surface area (Å²) >= 11 is 0. The van der Waals surface area contributed by atoms with Crippen molar-refractivity contribution in [1.82, 2.24) is 9.55 Å². The molecule has 2 aromatic rings. The molecule has 0 unspecified atom stereocenters. The van der Waals surface area contributed by atoms with Crippen molar-refractivity contribution in [3.63, 3.8) is 0 Å². The molecule has 0 spiro atoms. The Kier molecular flexibility index (Phi) is 1.72. The summed E-state index contributed by atoms with van der Waals surface area (Å²) in [5, 5.41) is 9.51. The van der Waals surface area contributed by atoms with Crippen LogP contribution in [0.5, 0.6) is 0 Å². The highest BCUT2D eigenvalue weighted by molar-refractivity contribution is 5.86. The average molecular weight is 186 g/mol. The lowest BCUT2D eigenvalue weighted by atomic mass is 10.2. The highest BCUT2D eigenvalue weighted by Gasteiger charge is 2.07. The maximum atomic E-state index is 10.7. The van der Waals surface area contributed by atoms with E-state index in [1.54, 1.807) is 12.1 Å². The van der Waals surface area contributed by atoms with E-state index < -0.39 is 6.09 Å². The van der Waals surface area contributed by atoms with E-state index in [9.17, 15) is 4.79 Å². The maximum Gasteiger partial charge on any atom is 0.417 e. The van der Waals surface area contributed by atoms with Gasteiger partial charge in [0.1, 0.15) is 5.65 Å². The molecule has 2 rings (SSSR count). The van der Waals surface area contributed by atoms with E-state index in [1.165, 1.54) is 12.4 Å². The highest BCUT2D eigenvalue weighted by atomic mass is 16.4. The van der Waals surface area contributed by atoms with Gasteiger partial charge in [0, 0.05) is 23.3 Å². The van der Waals surface area contributed by atoms with Gasteiger partial charge >= 0.3 is 6.09 Å². The van der Waals surface area contributed by atoms with E-state index in [0.29, 0.717) is 11.2 Å². The maximum absolute atomic E-state index is 10.7. The summed E-state index contributed by atoms with van der Waals surface area (Å²) in [5.41, 5.74) is 1.04. The monoisotopic (exact) mass is 186 g/mol. The fourth-order valence-electron chi connectivity index (χ4n) is 1.26. The van der Waals surface area contributed by atoms with Gasteiger partial charge in [-0.3, -0.25) is 0 Å². The predicted octanol–water partition coefficient (Wildman–Crippen LogP) is 1.54.